The summed E-state index contributed by atoms with van der Waals surface area (Å²) in [6.45, 7) is 11.5. The highest BCUT2D eigenvalue weighted by molar-refractivity contribution is 6.05. The first-order chi connectivity index (χ1) is 34.2. The van der Waals surface area contributed by atoms with Crippen molar-refractivity contribution in [3.8, 4) is 22.8 Å². The summed E-state index contributed by atoms with van der Waals surface area (Å²) >= 11 is 0. The molecular weight excluding hydrogens is 885 g/mol. The number of benzene rings is 3. The average molecular weight is 949 g/mol. The van der Waals surface area contributed by atoms with Crippen LogP contribution in [0.25, 0.3) is 22.3 Å². The number of hydrogen-bond donors (Lipinski definition) is 2. The summed E-state index contributed by atoms with van der Waals surface area (Å²) in [6.07, 6.45) is 9.44. The maximum absolute atomic E-state index is 13.8. The highest BCUT2D eigenvalue weighted by atomic mass is 16.5. The van der Waals surface area contributed by atoms with Crippen LogP contribution in [0.4, 0.5) is 10.6 Å². The lowest BCUT2D eigenvalue weighted by molar-refractivity contribution is -0.136. The van der Waals surface area contributed by atoms with Gasteiger partial charge in [0, 0.05) is 75.9 Å². The van der Waals surface area contributed by atoms with Gasteiger partial charge in [-0.2, -0.15) is 5.10 Å². The zero-order valence-electron chi connectivity index (χ0n) is 40.0. The van der Waals surface area contributed by atoms with E-state index in [9.17, 15) is 19.2 Å². The Morgan fingerprint density at radius 1 is 0.743 bits per heavy atom. The van der Waals surface area contributed by atoms with E-state index in [1.165, 1.54) is 11.9 Å². The molecule has 8 heterocycles. The smallest absolute Gasteiger partial charge is 0.320 e. The Morgan fingerprint density at radius 2 is 1.47 bits per heavy atom. The van der Waals surface area contributed by atoms with E-state index in [0.717, 1.165) is 163 Å². The van der Waals surface area contributed by atoms with Crippen molar-refractivity contribution in [2.45, 2.75) is 88.4 Å². The van der Waals surface area contributed by atoms with Crippen LogP contribution >= 0.6 is 0 Å². The van der Waals surface area contributed by atoms with Crippen molar-refractivity contribution in [2.75, 3.05) is 84.3 Å². The molecule has 5 amide bonds. The maximum Gasteiger partial charge on any atom is 0.320 e. The fraction of sp³-hybridized carbons (Fsp3) is 0.491. The zero-order valence-corrected chi connectivity index (χ0v) is 40.0. The summed E-state index contributed by atoms with van der Waals surface area (Å²) in [6, 6.07) is 24.0. The number of nitrogen functional groups attached to an aromatic ring is 1. The topological polar surface area (TPSA) is 179 Å². The second-order valence-electron chi connectivity index (χ2n) is 20.1. The molecule has 5 saturated heterocycles. The first-order valence-electron chi connectivity index (χ1n) is 25.5. The lowest BCUT2D eigenvalue weighted by Crippen LogP contribution is -2.56. The molecule has 0 aliphatic carbocycles. The van der Waals surface area contributed by atoms with Crippen molar-refractivity contribution in [1.29, 1.82) is 0 Å². The lowest BCUT2D eigenvalue weighted by Gasteiger charge is -2.44. The van der Waals surface area contributed by atoms with Gasteiger partial charge in [-0.05, 0) is 144 Å². The molecule has 3 aromatic carbocycles. The number of fused-ring (bicyclic) bond motifs is 2. The Hall–Kier alpha value is -6.43. The summed E-state index contributed by atoms with van der Waals surface area (Å²) in [4.78, 5) is 73.7. The normalized spacial score (nSPS) is 22.5. The van der Waals surface area contributed by atoms with Gasteiger partial charge in [0.1, 0.15) is 35.4 Å². The number of hydrogen-bond acceptors (Lipinski definition) is 12. The first-order valence-corrected chi connectivity index (χ1v) is 25.5. The largest absolute Gasteiger partial charge is 0.457 e. The third-order valence-corrected chi connectivity index (χ3v) is 15.8. The molecule has 2 atom stereocenters. The number of para-hydroxylation sites is 1. The standard InChI is InChI=1S/C53H64N12O5/c54-49-47-48(37-9-12-43(13-10-37)70-42-7-2-1-3-8-42)58-65(50(47)56-35-55-49)41-6-4-23-63(34-41)40-19-26-61(27-20-40)53(69)62-30-28-60(29-31-62)22-5-21-59-24-17-36(18-25-59)38-11-14-44-39(32-38)33-64(52(44)68)45-15-16-46(66)57-51(45)67/h1-3,7-14,32,35-36,40-41,45H,4-6,15-31,33-34H2,(H2,54,55,56)(H,57,66,67)/t41-,45?/m1/s1. The number of aromatic nitrogens is 4. The predicted octanol–water partition coefficient (Wildman–Crippen LogP) is 5.74. The molecule has 1 unspecified atom stereocenters. The molecule has 17 nitrogen and oxygen atoms in total. The van der Waals surface area contributed by atoms with E-state index >= 15 is 0 Å². The van der Waals surface area contributed by atoms with Gasteiger partial charge < -0.3 is 30.1 Å². The van der Waals surface area contributed by atoms with Crippen molar-refractivity contribution in [2.24, 2.45) is 0 Å². The number of rotatable bonds is 11. The van der Waals surface area contributed by atoms with E-state index < -0.39 is 6.04 Å². The molecule has 17 heteroatoms. The van der Waals surface area contributed by atoms with E-state index in [1.807, 2.05) is 60.7 Å². The third-order valence-electron chi connectivity index (χ3n) is 15.8. The van der Waals surface area contributed by atoms with E-state index in [2.05, 4.69) is 51.6 Å². The summed E-state index contributed by atoms with van der Waals surface area (Å²) in [5.41, 5.74) is 11.9. The molecule has 0 bridgehead atoms. The molecule has 0 spiro atoms. The number of ether oxygens (including phenoxy) is 1. The number of likely N-dealkylation sites (tertiary alicyclic amines) is 3. The van der Waals surface area contributed by atoms with Gasteiger partial charge >= 0.3 is 6.03 Å². The Kier molecular flexibility index (Phi) is 13.2. The number of nitrogens with two attached hydrogens (primary N) is 1. The Balaban J connectivity index is 0.608. The number of urea groups is 1. The number of amides is 5. The van der Waals surface area contributed by atoms with Crippen molar-refractivity contribution >= 4 is 40.6 Å². The van der Waals surface area contributed by atoms with E-state index in [1.54, 1.807) is 4.90 Å². The fourth-order valence-electron chi connectivity index (χ4n) is 11.9. The minimum atomic E-state index is -0.588. The number of piperazine rings is 1. The van der Waals surface area contributed by atoms with Crippen LogP contribution in [-0.2, 0) is 16.1 Å². The second-order valence-corrected chi connectivity index (χ2v) is 20.1. The van der Waals surface area contributed by atoms with Gasteiger partial charge in [0.25, 0.3) is 5.91 Å². The monoisotopic (exact) mass is 949 g/mol. The second kappa shape index (κ2) is 20.1. The van der Waals surface area contributed by atoms with Gasteiger partial charge in [-0.15, -0.1) is 0 Å². The first kappa shape index (κ1) is 46.0. The van der Waals surface area contributed by atoms with Gasteiger partial charge in [-0.25, -0.2) is 19.4 Å². The number of imide groups is 1. The minimum absolute atomic E-state index is 0.118. The van der Waals surface area contributed by atoms with E-state index in [0.29, 0.717) is 36.3 Å². The van der Waals surface area contributed by atoms with Crippen LogP contribution in [-0.4, -0.2) is 164 Å². The fourth-order valence-corrected chi connectivity index (χ4v) is 11.9. The van der Waals surface area contributed by atoms with Crippen LogP contribution < -0.4 is 15.8 Å². The van der Waals surface area contributed by atoms with Crippen molar-refractivity contribution < 1.29 is 23.9 Å². The van der Waals surface area contributed by atoms with Gasteiger partial charge in [0.2, 0.25) is 11.8 Å². The Morgan fingerprint density at radius 3 is 2.23 bits per heavy atom. The van der Waals surface area contributed by atoms with Crippen LogP contribution in [0.2, 0.25) is 0 Å². The lowest BCUT2D eigenvalue weighted by atomic mass is 9.88. The minimum Gasteiger partial charge on any atom is -0.457 e. The highest BCUT2D eigenvalue weighted by Gasteiger charge is 2.40. The number of piperidine rings is 4. The molecule has 11 rings (SSSR count). The van der Waals surface area contributed by atoms with E-state index in [-0.39, 0.29) is 36.2 Å². The Labute approximate surface area is 408 Å². The van der Waals surface area contributed by atoms with Gasteiger partial charge in [0.05, 0.1) is 11.4 Å². The quantitative estimate of drug-likeness (QED) is 0.154. The molecule has 0 saturated carbocycles. The van der Waals surface area contributed by atoms with Gasteiger partial charge in [-0.1, -0.05) is 30.3 Å². The van der Waals surface area contributed by atoms with Crippen molar-refractivity contribution in [1.82, 2.24) is 54.5 Å². The number of anilines is 1. The highest BCUT2D eigenvalue weighted by Crippen LogP contribution is 2.37. The zero-order chi connectivity index (χ0) is 47.7. The third kappa shape index (κ3) is 9.58. The summed E-state index contributed by atoms with van der Waals surface area (Å²) < 4.78 is 8.12. The van der Waals surface area contributed by atoms with Crippen LogP contribution in [0.3, 0.4) is 0 Å². The number of nitrogens with zero attached hydrogens (tertiary/aromatic N) is 10. The van der Waals surface area contributed by atoms with Crippen LogP contribution in [0.15, 0.2) is 79.1 Å². The number of carbonyl (C=O) groups excluding carboxylic acids is 4. The van der Waals surface area contributed by atoms with Crippen molar-refractivity contribution in [3.63, 3.8) is 0 Å². The molecule has 6 aliphatic heterocycles. The average Bonchev–Trinajstić information content (AvgIpc) is 3.95. The Bertz CT molecular complexity index is 2710. The molecule has 366 valence electrons. The predicted molar refractivity (Wildman–Crippen MR) is 265 cm³/mol. The number of nitrogens with one attached hydrogen (secondary N) is 1. The molecule has 6 aliphatic rings. The SMILES string of the molecule is Nc1ncnc2c1c(-c1ccc(Oc3ccccc3)cc1)nn2[C@@H]1CCCN(C2CCN(C(=O)N3CCN(CCCN4CCC(c5ccc6c(c5)CN(C5CCC(=O)NC5=O)C6=O)CC4)CC3)CC2)C1. The van der Waals surface area contributed by atoms with Gasteiger partial charge in [0.15, 0.2) is 5.65 Å². The van der Waals surface area contributed by atoms with Crippen LogP contribution in [0, 0.1) is 0 Å². The van der Waals surface area contributed by atoms with Crippen molar-refractivity contribution in [3.05, 3.63) is 95.8 Å². The summed E-state index contributed by atoms with van der Waals surface area (Å²) in [5, 5.41) is 8.35. The molecule has 0 radical (unpaired) electrons. The molecule has 5 aromatic rings. The summed E-state index contributed by atoms with van der Waals surface area (Å²) in [7, 11) is 0. The summed E-state index contributed by atoms with van der Waals surface area (Å²) in [5.74, 6) is 1.64. The maximum atomic E-state index is 13.8. The molecular formula is C53H64N12O5. The van der Waals surface area contributed by atoms with Crippen LogP contribution in [0.5, 0.6) is 11.5 Å². The molecule has 70 heavy (non-hydrogen) atoms. The molecule has 2 aromatic heterocycles. The number of carbonyl (C=O) groups is 4. The molecule has 5 fully saturated rings. The van der Waals surface area contributed by atoms with E-state index in [4.69, 9.17) is 20.6 Å². The molecule has 3 N–H and O–H groups in total. The van der Waals surface area contributed by atoms with Crippen LogP contribution in [0.1, 0.15) is 91.2 Å². The van der Waals surface area contributed by atoms with Gasteiger partial charge in [-0.3, -0.25) is 29.5 Å².